The van der Waals surface area contributed by atoms with E-state index in [1.165, 1.54) is 6.92 Å². The zero-order chi connectivity index (χ0) is 21.7. The number of ether oxygens (including phenoxy) is 1. The van der Waals surface area contributed by atoms with E-state index >= 15 is 0 Å². The Labute approximate surface area is 173 Å². The van der Waals surface area contributed by atoms with E-state index in [2.05, 4.69) is 5.32 Å². The lowest BCUT2D eigenvalue weighted by Gasteiger charge is -2.32. The molecule has 2 N–H and O–H groups in total. The Morgan fingerprint density at radius 3 is 1.79 bits per heavy atom. The third kappa shape index (κ3) is 6.66. The lowest BCUT2D eigenvalue weighted by molar-refractivity contribution is -0.153. The van der Waals surface area contributed by atoms with E-state index < -0.39 is 26.6 Å². The van der Waals surface area contributed by atoms with Gasteiger partial charge < -0.3 is 4.74 Å². The zero-order valence-corrected chi connectivity index (χ0v) is 18.1. The summed E-state index contributed by atoms with van der Waals surface area (Å²) in [6.45, 7) is 6.23. The monoisotopic (exact) mass is 419 g/mol. The van der Waals surface area contributed by atoms with Crippen molar-refractivity contribution in [3.8, 4) is 0 Å². The molecule has 1 unspecified atom stereocenters. The van der Waals surface area contributed by atoms with Gasteiger partial charge in [0.1, 0.15) is 10.5 Å². The molecule has 0 aliphatic carbocycles. The van der Waals surface area contributed by atoms with Crippen molar-refractivity contribution in [1.82, 2.24) is 5.32 Å². The van der Waals surface area contributed by atoms with Gasteiger partial charge in [0, 0.05) is 5.92 Å². The van der Waals surface area contributed by atoms with E-state index in [0.717, 1.165) is 11.1 Å². The predicted octanol–water partition coefficient (Wildman–Crippen LogP) is 3.74. The van der Waals surface area contributed by atoms with Gasteiger partial charge in [-0.1, -0.05) is 60.7 Å². The van der Waals surface area contributed by atoms with Crippen LogP contribution in [0.25, 0.3) is 0 Å². The molecular weight excluding hydrogens is 390 g/mol. The van der Waals surface area contributed by atoms with Gasteiger partial charge >= 0.3 is 5.97 Å². The summed E-state index contributed by atoms with van der Waals surface area (Å²) in [6.07, 6.45) is 0.0304. The first-order valence-corrected chi connectivity index (χ1v) is 10.9. The summed E-state index contributed by atoms with van der Waals surface area (Å²) in [5, 5.41) is 2.72. The van der Waals surface area contributed by atoms with E-state index in [9.17, 15) is 17.8 Å². The first-order valence-electron chi connectivity index (χ1n) is 9.45. The summed E-state index contributed by atoms with van der Waals surface area (Å²) in [5.74, 6) is -0.904. The van der Waals surface area contributed by atoms with Crippen molar-refractivity contribution in [3.05, 3.63) is 71.8 Å². The lowest BCUT2D eigenvalue weighted by atomic mass is 9.86. The molecule has 0 saturated carbocycles. The second-order valence-electron chi connectivity index (χ2n) is 8.22. The summed E-state index contributed by atoms with van der Waals surface area (Å²) < 4.78 is 39.8. The van der Waals surface area contributed by atoms with Crippen LogP contribution < -0.4 is 5.32 Å². The minimum atomic E-state index is -4.53. The van der Waals surface area contributed by atoms with Gasteiger partial charge in [-0.25, -0.2) is 0 Å². The third-order valence-corrected chi connectivity index (χ3v) is 6.04. The SMILES string of the molecule is CC(C)(C)OC(=O)CNC(C)(CC(c1ccccc1)c1ccccc1)S(=O)(=O)O. The van der Waals surface area contributed by atoms with Gasteiger partial charge in [-0.15, -0.1) is 0 Å². The van der Waals surface area contributed by atoms with Crippen LogP contribution in [0.4, 0.5) is 0 Å². The fourth-order valence-electron chi connectivity index (χ4n) is 3.09. The van der Waals surface area contributed by atoms with Crippen molar-refractivity contribution in [2.24, 2.45) is 0 Å². The maximum Gasteiger partial charge on any atom is 0.320 e. The molecule has 0 aliphatic rings. The standard InChI is InChI=1S/C22H29NO5S/c1-21(2,3)28-20(24)16-23-22(4,29(25,26)27)15-19(17-11-7-5-8-12-17)18-13-9-6-10-14-18/h5-14,19,23H,15-16H2,1-4H3,(H,25,26,27). The number of nitrogens with one attached hydrogen (secondary N) is 1. The minimum Gasteiger partial charge on any atom is -0.459 e. The van der Waals surface area contributed by atoms with Crippen LogP contribution in [0.15, 0.2) is 60.7 Å². The molecule has 0 fully saturated rings. The number of esters is 1. The first-order chi connectivity index (χ1) is 13.4. The molecule has 0 aliphatic heterocycles. The third-order valence-electron chi connectivity index (χ3n) is 4.59. The molecule has 0 bridgehead atoms. The predicted molar refractivity (Wildman–Crippen MR) is 113 cm³/mol. The van der Waals surface area contributed by atoms with Gasteiger partial charge in [0.2, 0.25) is 0 Å². The molecule has 2 aromatic carbocycles. The van der Waals surface area contributed by atoms with Crippen LogP contribution in [-0.4, -0.2) is 36.0 Å². The summed E-state index contributed by atoms with van der Waals surface area (Å²) in [7, 11) is -4.53. The molecule has 6 nitrogen and oxygen atoms in total. The molecule has 1 atom stereocenters. The molecule has 2 aromatic rings. The van der Waals surface area contributed by atoms with Gasteiger partial charge in [0.05, 0.1) is 6.54 Å². The highest BCUT2D eigenvalue weighted by molar-refractivity contribution is 7.87. The Bertz CT molecular complexity index is 868. The molecule has 0 aromatic heterocycles. The topological polar surface area (TPSA) is 92.7 Å². The molecular formula is C22H29NO5S. The van der Waals surface area contributed by atoms with Gasteiger partial charge in [-0.2, -0.15) is 8.42 Å². The number of carbonyl (C=O) groups excluding carboxylic acids is 1. The summed E-state index contributed by atoms with van der Waals surface area (Å²) in [4.78, 5) is 10.3. The normalized spacial score (nSPS) is 14.4. The zero-order valence-electron chi connectivity index (χ0n) is 17.3. The fraction of sp³-hybridized carbons (Fsp3) is 0.409. The van der Waals surface area contributed by atoms with Crippen LogP contribution in [0.3, 0.4) is 0 Å². The van der Waals surface area contributed by atoms with Crippen molar-refractivity contribution in [2.75, 3.05) is 6.54 Å². The van der Waals surface area contributed by atoms with Crippen LogP contribution in [0.5, 0.6) is 0 Å². The first kappa shape index (κ1) is 23.1. The van der Waals surface area contributed by atoms with Crippen LogP contribution in [0.2, 0.25) is 0 Å². The maximum atomic E-state index is 12.3. The fourth-order valence-corrected chi connectivity index (χ4v) is 3.73. The minimum absolute atomic E-state index is 0.0304. The highest BCUT2D eigenvalue weighted by Gasteiger charge is 2.41. The van der Waals surface area contributed by atoms with Crippen molar-refractivity contribution >= 4 is 16.1 Å². The summed E-state index contributed by atoms with van der Waals surface area (Å²) >= 11 is 0. The Morgan fingerprint density at radius 2 is 1.41 bits per heavy atom. The molecule has 158 valence electrons. The number of benzene rings is 2. The smallest absolute Gasteiger partial charge is 0.320 e. The van der Waals surface area contributed by atoms with E-state index in [1.807, 2.05) is 60.7 Å². The molecule has 0 heterocycles. The highest BCUT2D eigenvalue weighted by Crippen LogP contribution is 2.34. The van der Waals surface area contributed by atoms with Crippen LogP contribution in [0.1, 0.15) is 51.2 Å². The second kappa shape index (κ2) is 9.07. The molecule has 0 saturated heterocycles. The van der Waals surface area contributed by atoms with Crippen molar-refractivity contribution in [2.45, 2.75) is 50.5 Å². The Morgan fingerprint density at radius 1 is 0.966 bits per heavy atom. The maximum absolute atomic E-state index is 12.3. The molecule has 0 spiro atoms. The molecule has 29 heavy (non-hydrogen) atoms. The highest BCUT2D eigenvalue weighted by atomic mass is 32.2. The van der Waals surface area contributed by atoms with Crippen LogP contribution in [-0.2, 0) is 19.6 Å². The molecule has 0 amide bonds. The summed E-state index contributed by atoms with van der Waals surface area (Å²) in [6, 6.07) is 18.9. The second-order valence-corrected chi connectivity index (χ2v) is 10.1. The quantitative estimate of drug-likeness (QED) is 0.500. The van der Waals surface area contributed by atoms with Gasteiger partial charge in [-0.3, -0.25) is 14.7 Å². The molecule has 2 rings (SSSR count). The van der Waals surface area contributed by atoms with Crippen LogP contribution >= 0.6 is 0 Å². The number of hydrogen-bond donors (Lipinski definition) is 2. The molecule has 0 radical (unpaired) electrons. The van der Waals surface area contributed by atoms with E-state index in [-0.39, 0.29) is 18.9 Å². The largest absolute Gasteiger partial charge is 0.459 e. The number of hydrogen-bond acceptors (Lipinski definition) is 5. The van der Waals surface area contributed by atoms with E-state index in [4.69, 9.17) is 4.74 Å². The molecule has 7 heteroatoms. The van der Waals surface area contributed by atoms with Crippen molar-refractivity contribution < 1.29 is 22.5 Å². The number of rotatable bonds is 8. The van der Waals surface area contributed by atoms with Crippen LogP contribution in [0, 0.1) is 0 Å². The van der Waals surface area contributed by atoms with E-state index in [1.54, 1.807) is 20.8 Å². The van der Waals surface area contributed by atoms with Gasteiger partial charge in [0.25, 0.3) is 10.1 Å². The Kier molecular flexibility index (Phi) is 7.21. The average Bonchev–Trinajstić information content (AvgIpc) is 2.64. The number of carbonyl (C=O) groups is 1. The van der Waals surface area contributed by atoms with E-state index in [0.29, 0.717) is 0 Å². The Balaban J connectivity index is 2.33. The van der Waals surface area contributed by atoms with Gasteiger partial charge in [-0.05, 0) is 45.2 Å². The average molecular weight is 420 g/mol. The lowest BCUT2D eigenvalue weighted by Crippen LogP contribution is -2.52. The van der Waals surface area contributed by atoms with Gasteiger partial charge in [0.15, 0.2) is 0 Å². The van der Waals surface area contributed by atoms with Crippen molar-refractivity contribution in [3.63, 3.8) is 0 Å². The van der Waals surface area contributed by atoms with Crippen molar-refractivity contribution in [1.29, 1.82) is 0 Å². The Hall–Kier alpha value is -2.22. The summed E-state index contributed by atoms with van der Waals surface area (Å²) in [5.41, 5.74) is 1.13.